The van der Waals surface area contributed by atoms with E-state index >= 15 is 0 Å². The second kappa shape index (κ2) is 5.10. The van der Waals surface area contributed by atoms with Crippen LogP contribution in [0.15, 0.2) is 23.2 Å². The van der Waals surface area contributed by atoms with Crippen LogP contribution in [0.5, 0.6) is 0 Å². The van der Waals surface area contributed by atoms with Crippen LogP contribution >= 0.6 is 11.8 Å². The van der Waals surface area contributed by atoms with Crippen molar-refractivity contribution in [3.63, 3.8) is 0 Å². The third-order valence-electron chi connectivity index (χ3n) is 1.84. The quantitative estimate of drug-likeness (QED) is 0.546. The van der Waals surface area contributed by atoms with Gasteiger partial charge >= 0.3 is 0 Å². The fourth-order valence-corrected chi connectivity index (χ4v) is 1.55. The Morgan fingerprint density at radius 2 is 2.14 bits per heavy atom. The lowest BCUT2D eigenvalue weighted by Gasteiger charge is -2.03. The van der Waals surface area contributed by atoms with E-state index in [1.807, 2.05) is 6.26 Å². The van der Waals surface area contributed by atoms with Crippen molar-refractivity contribution >= 4 is 16.8 Å². The molecule has 0 atom stereocenters. The number of halogens is 2. The Morgan fingerprint density at radius 1 is 1.43 bits per heavy atom. The standard InChI is InChI=1S/C10H11F2NS/c1-13-10(14-2)5-7-3-4-8(11)6-9(7)12/h3-4,6H,5H2,1-2H3/b13-10+. The van der Waals surface area contributed by atoms with Crippen molar-refractivity contribution in [2.24, 2.45) is 4.99 Å². The van der Waals surface area contributed by atoms with Crippen LogP contribution in [-0.4, -0.2) is 18.3 Å². The van der Waals surface area contributed by atoms with E-state index in [2.05, 4.69) is 4.99 Å². The van der Waals surface area contributed by atoms with E-state index in [-0.39, 0.29) is 0 Å². The van der Waals surface area contributed by atoms with E-state index < -0.39 is 11.6 Å². The zero-order valence-corrected chi connectivity index (χ0v) is 8.87. The monoisotopic (exact) mass is 215 g/mol. The minimum absolute atomic E-state index is 0.420. The summed E-state index contributed by atoms with van der Waals surface area (Å²) in [6.07, 6.45) is 2.30. The van der Waals surface area contributed by atoms with Gasteiger partial charge in [0.15, 0.2) is 0 Å². The maximum Gasteiger partial charge on any atom is 0.129 e. The molecular weight excluding hydrogens is 204 g/mol. The van der Waals surface area contributed by atoms with Gasteiger partial charge in [0.2, 0.25) is 0 Å². The van der Waals surface area contributed by atoms with Gasteiger partial charge in [0.05, 0.1) is 5.04 Å². The lowest BCUT2D eigenvalue weighted by atomic mass is 10.1. The molecule has 0 N–H and O–H groups in total. The fraction of sp³-hybridized carbons (Fsp3) is 0.300. The van der Waals surface area contributed by atoms with E-state index in [4.69, 9.17) is 0 Å². The summed E-state index contributed by atoms with van der Waals surface area (Å²) in [7, 11) is 1.66. The molecule has 1 rings (SSSR count). The summed E-state index contributed by atoms with van der Waals surface area (Å²) in [5.74, 6) is -1.06. The van der Waals surface area contributed by atoms with Crippen LogP contribution in [0, 0.1) is 11.6 Å². The van der Waals surface area contributed by atoms with Gasteiger partial charge in [0, 0.05) is 19.5 Å². The van der Waals surface area contributed by atoms with Gasteiger partial charge in [0.25, 0.3) is 0 Å². The number of benzene rings is 1. The summed E-state index contributed by atoms with van der Waals surface area (Å²) >= 11 is 1.47. The van der Waals surface area contributed by atoms with Crippen LogP contribution in [0.2, 0.25) is 0 Å². The lowest BCUT2D eigenvalue weighted by molar-refractivity contribution is 0.576. The van der Waals surface area contributed by atoms with Gasteiger partial charge in [-0.15, -0.1) is 11.8 Å². The van der Waals surface area contributed by atoms with Gasteiger partial charge in [-0.3, -0.25) is 4.99 Å². The molecule has 0 aliphatic carbocycles. The molecule has 0 aliphatic rings. The Labute approximate surface area is 86.2 Å². The number of aliphatic imine (C=N–C) groups is 1. The molecule has 0 spiro atoms. The lowest BCUT2D eigenvalue weighted by Crippen LogP contribution is -2.00. The van der Waals surface area contributed by atoms with Gasteiger partial charge in [-0.2, -0.15) is 0 Å². The van der Waals surface area contributed by atoms with E-state index in [1.54, 1.807) is 7.05 Å². The second-order valence-electron chi connectivity index (χ2n) is 2.73. The van der Waals surface area contributed by atoms with Crippen molar-refractivity contribution < 1.29 is 8.78 Å². The number of nitrogens with zero attached hydrogens (tertiary/aromatic N) is 1. The highest BCUT2D eigenvalue weighted by atomic mass is 32.2. The number of hydrogen-bond acceptors (Lipinski definition) is 2. The van der Waals surface area contributed by atoms with Gasteiger partial charge in [-0.25, -0.2) is 8.78 Å². The summed E-state index contributed by atoms with van der Waals surface area (Å²) in [5, 5.41) is 0.829. The third-order valence-corrected chi connectivity index (χ3v) is 2.64. The molecule has 0 fully saturated rings. The van der Waals surface area contributed by atoms with Gasteiger partial charge in [-0.1, -0.05) is 6.07 Å². The molecule has 1 aromatic carbocycles. The average Bonchev–Trinajstić information content (AvgIpc) is 2.17. The molecule has 0 saturated carbocycles. The highest BCUT2D eigenvalue weighted by Crippen LogP contribution is 2.13. The Bertz CT molecular complexity index is 350. The predicted molar refractivity (Wildman–Crippen MR) is 56.9 cm³/mol. The summed E-state index contributed by atoms with van der Waals surface area (Å²) in [4.78, 5) is 3.98. The van der Waals surface area contributed by atoms with Crippen LogP contribution < -0.4 is 0 Å². The van der Waals surface area contributed by atoms with Crippen molar-refractivity contribution in [2.75, 3.05) is 13.3 Å². The summed E-state index contributed by atoms with van der Waals surface area (Å²) < 4.78 is 25.8. The van der Waals surface area contributed by atoms with Crippen molar-refractivity contribution in [1.29, 1.82) is 0 Å². The summed E-state index contributed by atoms with van der Waals surface area (Å²) in [5.41, 5.74) is 0.473. The third kappa shape index (κ3) is 2.80. The molecule has 1 aromatic rings. The van der Waals surface area contributed by atoms with Crippen LogP contribution in [0.25, 0.3) is 0 Å². The minimum atomic E-state index is -0.551. The Hall–Kier alpha value is -0.900. The first-order valence-electron chi connectivity index (χ1n) is 4.11. The minimum Gasteiger partial charge on any atom is -0.286 e. The normalized spacial score (nSPS) is 11.9. The maximum atomic E-state index is 13.2. The van der Waals surface area contributed by atoms with E-state index in [9.17, 15) is 8.78 Å². The highest BCUT2D eigenvalue weighted by molar-refractivity contribution is 8.13. The SMILES string of the molecule is C/N=C(\Cc1ccc(F)cc1F)SC. The molecule has 0 radical (unpaired) electrons. The van der Waals surface area contributed by atoms with E-state index in [0.29, 0.717) is 12.0 Å². The van der Waals surface area contributed by atoms with Crippen molar-refractivity contribution in [2.45, 2.75) is 6.42 Å². The molecule has 76 valence electrons. The largest absolute Gasteiger partial charge is 0.286 e. The smallest absolute Gasteiger partial charge is 0.129 e. The molecule has 4 heteroatoms. The average molecular weight is 215 g/mol. The first-order chi connectivity index (χ1) is 6.67. The molecule has 0 aromatic heterocycles. The van der Waals surface area contributed by atoms with Crippen LogP contribution in [0.3, 0.4) is 0 Å². The predicted octanol–water partition coefficient (Wildman–Crippen LogP) is 2.90. The molecule has 1 nitrogen and oxygen atoms in total. The number of hydrogen-bond donors (Lipinski definition) is 0. The van der Waals surface area contributed by atoms with Crippen LogP contribution in [0.4, 0.5) is 8.78 Å². The first-order valence-corrected chi connectivity index (χ1v) is 5.33. The van der Waals surface area contributed by atoms with Gasteiger partial charge in [-0.05, 0) is 17.9 Å². The number of rotatable bonds is 2. The molecule has 0 bridgehead atoms. The highest BCUT2D eigenvalue weighted by Gasteiger charge is 2.06. The molecule has 14 heavy (non-hydrogen) atoms. The summed E-state index contributed by atoms with van der Waals surface area (Å²) in [6.45, 7) is 0. The number of thioether (sulfide) groups is 1. The van der Waals surface area contributed by atoms with Crippen LogP contribution in [0.1, 0.15) is 5.56 Å². The Kier molecular flexibility index (Phi) is 4.07. The van der Waals surface area contributed by atoms with Gasteiger partial charge in [0.1, 0.15) is 11.6 Å². The van der Waals surface area contributed by atoms with Crippen LogP contribution in [-0.2, 0) is 6.42 Å². The molecule has 0 amide bonds. The Morgan fingerprint density at radius 3 is 2.64 bits per heavy atom. The zero-order valence-electron chi connectivity index (χ0n) is 8.05. The van der Waals surface area contributed by atoms with Crippen molar-refractivity contribution in [3.8, 4) is 0 Å². The first kappa shape index (κ1) is 11.2. The molecule has 0 heterocycles. The molecular formula is C10H11F2NS. The van der Waals surface area contributed by atoms with Crippen molar-refractivity contribution in [1.82, 2.24) is 0 Å². The summed E-state index contributed by atoms with van der Waals surface area (Å²) in [6, 6.07) is 3.60. The Balaban J connectivity index is 2.87. The van der Waals surface area contributed by atoms with Crippen molar-refractivity contribution in [3.05, 3.63) is 35.4 Å². The molecule has 0 unspecified atom stereocenters. The van der Waals surface area contributed by atoms with E-state index in [1.165, 1.54) is 23.9 Å². The van der Waals surface area contributed by atoms with Gasteiger partial charge < -0.3 is 0 Å². The zero-order chi connectivity index (χ0) is 10.6. The second-order valence-corrected chi connectivity index (χ2v) is 3.61. The molecule has 0 aliphatic heterocycles. The van der Waals surface area contributed by atoms with E-state index in [0.717, 1.165) is 11.1 Å². The maximum absolute atomic E-state index is 13.2. The fourth-order valence-electron chi connectivity index (χ4n) is 1.07. The topological polar surface area (TPSA) is 12.4 Å². The molecule has 0 saturated heterocycles.